The van der Waals surface area contributed by atoms with E-state index in [9.17, 15) is 4.79 Å². The number of carbonyl (C=O) groups excluding carboxylic acids is 1. The maximum Gasteiger partial charge on any atom is 0.237 e. The van der Waals surface area contributed by atoms with E-state index in [1.54, 1.807) is 11.8 Å². The zero-order valence-electron chi connectivity index (χ0n) is 8.25. The zero-order valence-corrected chi connectivity index (χ0v) is 9.06. The largest absolute Gasteiger partial charge is 0.352 e. The molecule has 3 N–H and O–H groups in total. The normalized spacial score (nSPS) is 28.2. The second-order valence-electron chi connectivity index (χ2n) is 3.72. The molecular formula is C9H18N2OS. The van der Waals surface area contributed by atoms with Crippen molar-refractivity contribution in [3.63, 3.8) is 0 Å². The van der Waals surface area contributed by atoms with Crippen LogP contribution in [0.2, 0.25) is 0 Å². The summed E-state index contributed by atoms with van der Waals surface area (Å²) in [7, 11) is 0. The molecule has 3 atom stereocenters. The summed E-state index contributed by atoms with van der Waals surface area (Å²) in [5.41, 5.74) is 5.70. The van der Waals surface area contributed by atoms with E-state index in [0.717, 1.165) is 18.6 Å². The van der Waals surface area contributed by atoms with E-state index in [2.05, 4.69) is 12.2 Å². The Hall–Kier alpha value is -0.220. The fourth-order valence-corrected chi connectivity index (χ4v) is 1.68. The highest BCUT2D eigenvalue weighted by molar-refractivity contribution is 7.98. The molecule has 0 aromatic heterocycles. The Morgan fingerprint density at radius 3 is 2.85 bits per heavy atom. The summed E-state index contributed by atoms with van der Waals surface area (Å²) in [6.45, 7) is 2.14. The number of rotatable bonds is 5. The van der Waals surface area contributed by atoms with Crippen LogP contribution < -0.4 is 11.1 Å². The van der Waals surface area contributed by atoms with Crippen LogP contribution in [0.4, 0.5) is 0 Å². The molecule has 2 unspecified atom stereocenters. The van der Waals surface area contributed by atoms with E-state index in [0.29, 0.717) is 12.0 Å². The van der Waals surface area contributed by atoms with Crippen molar-refractivity contribution in [3.8, 4) is 0 Å². The molecule has 1 aliphatic rings. The lowest BCUT2D eigenvalue weighted by Gasteiger charge is -2.10. The van der Waals surface area contributed by atoms with Crippen molar-refractivity contribution in [1.29, 1.82) is 0 Å². The van der Waals surface area contributed by atoms with Crippen LogP contribution in [-0.2, 0) is 4.79 Å². The van der Waals surface area contributed by atoms with Gasteiger partial charge in [0.15, 0.2) is 0 Å². The number of hydrogen-bond donors (Lipinski definition) is 2. The molecule has 0 aromatic carbocycles. The van der Waals surface area contributed by atoms with Gasteiger partial charge in [-0.2, -0.15) is 11.8 Å². The number of carbonyl (C=O) groups is 1. The first-order valence-corrected chi connectivity index (χ1v) is 6.09. The summed E-state index contributed by atoms with van der Waals surface area (Å²) in [5.74, 6) is 1.62. The van der Waals surface area contributed by atoms with Gasteiger partial charge in [-0.3, -0.25) is 4.79 Å². The molecular weight excluding hydrogens is 184 g/mol. The molecule has 13 heavy (non-hydrogen) atoms. The number of thioether (sulfide) groups is 1. The second kappa shape index (κ2) is 4.86. The van der Waals surface area contributed by atoms with E-state index in [-0.39, 0.29) is 11.9 Å². The Balaban J connectivity index is 2.14. The minimum absolute atomic E-state index is 0.0170. The Kier molecular flexibility index (Phi) is 4.06. The third-order valence-electron chi connectivity index (χ3n) is 2.41. The van der Waals surface area contributed by atoms with Gasteiger partial charge in [-0.15, -0.1) is 0 Å². The first kappa shape index (κ1) is 10.9. The van der Waals surface area contributed by atoms with Gasteiger partial charge in [0.2, 0.25) is 5.91 Å². The molecule has 4 heteroatoms. The highest BCUT2D eigenvalue weighted by Crippen LogP contribution is 2.28. The van der Waals surface area contributed by atoms with Crippen molar-refractivity contribution < 1.29 is 4.79 Å². The molecule has 3 nitrogen and oxygen atoms in total. The molecule has 0 bridgehead atoms. The van der Waals surface area contributed by atoms with Gasteiger partial charge in [0, 0.05) is 6.04 Å². The van der Waals surface area contributed by atoms with Crippen LogP contribution in [0.15, 0.2) is 0 Å². The number of nitrogens with one attached hydrogen (secondary N) is 1. The molecule has 1 saturated carbocycles. The summed E-state index contributed by atoms with van der Waals surface area (Å²) in [5, 5.41) is 2.94. The quantitative estimate of drug-likeness (QED) is 0.686. The molecule has 0 spiro atoms. The minimum Gasteiger partial charge on any atom is -0.352 e. The van der Waals surface area contributed by atoms with Gasteiger partial charge in [-0.1, -0.05) is 6.92 Å². The standard InChI is InChI=1S/C9H18N2OS/c1-6-5-8(6)11-9(12)7(10)3-4-13-2/h6-8H,3-5,10H2,1-2H3,(H,11,12)/t6?,7-,8?/m1/s1. The smallest absolute Gasteiger partial charge is 0.237 e. The van der Waals surface area contributed by atoms with Crippen molar-refractivity contribution in [2.24, 2.45) is 11.7 Å². The van der Waals surface area contributed by atoms with Crippen LogP contribution in [0.25, 0.3) is 0 Å². The average Bonchev–Trinajstić information content (AvgIpc) is 2.77. The summed E-state index contributed by atoms with van der Waals surface area (Å²) in [4.78, 5) is 11.4. The van der Waals surface area contributed by atoms with E-state index in [1.807, 2.05) is 6.26 Å². The van der Waals surface area contributed by atoms with Crippen LogP contribution in [0, 0.1) is 5.92 Å². The third kappa shape index (κ3) is 3.56. The van der Waals surface area contributed by atoms with Gasteiger partial charge in [-0.25, -0.2) is 0 Å². The second-order valence-corrected chi connectivity index (χ2v) is 4.70. The summed E-state index contributed by atoms with van der Waals surface area (Å²) >= 11 is 1.72. The maximum atomic E-state index is 11.4. The third-order valence-corrected chi connectivity index (χ3v) is 3.05. The lowest BCUT2D eigenvalue weighted by molar-refractivity contribution is -0.122. The van der Waals surface area contributed by atoms with Gasteiger partial charge in [0.25, 0.3) is 0 Å². The highest BCUT2D eigenvalue weighted by atomic mass is 32.2. The molecule has 1 amide bonds. The predicted octanol–water partition coefficient (Wildman–Crippen LogP) is 0.591. The number of hydrogen-bond acceptors (Lipinski definition) is 3. The van der Waals surface area contributed by atoms with Crippen LogP contribution in [-0.4, -0.2) is 30.0 Å². The van der Waals surface area contributed by atoms with Crippen molar-refractivity contribution >= 4 is 17.7 Å². The van der Waals surface area contributed by atoms with Gasteiger partial charge in [0.05, 0.1) is 6.04 Å². The van der Waals surface area contributed by atoms with E-state index in [1.165, 1.54) is 0 Å². The SMILES string of the molecule is CSCC[C@@H](N)C(=O)NC1CC1C. The molecule has 0 aliphatic heterocycles. The van der Waals surface area contributed by atoms with Gasteiger partial charge in [0.1, 0.15) is 0 Å². The lowest BCUT2D eigenvalue weighted by atomic mass is 10.2. The van der Waals surface area contributed by atoms with Gasteiger partial charge < -0.3 is 11.1 Å². The van der Waals surface area contributed by atoms with Crippen molar-refractivity contribution in [2.75, 3.05) is 12.0 Å². The van der Waals surface area contributed by atoms with E-state index >= 15 is 0 Å². The fourth-order valence-electron chi connectivity index (χ4n) is 1.19. The summed E-state index contributed by atoms with van der Waals surface area (Å²) in [6, 6.07) is 0.0769. The van der Waals surface area contributed by atoms with Crippen LogP contribution in [0.3, 0.4) is 0 Å². The Morgan fingerprint density at radius 1 is 1.77 bits per heavy atom. The van der Waals surface area contributed by atoms with Crippen molar-refractivity contribution in [3.05, 3.63) is 0 Å². The first-order valence-electron chi connectivity index (χ1n) is 4.70. The summed E-state index contributed by atoms with van der Waals surface area (Å²) in [6.07, 6.45) is 3.91. The molecule has 1 fully saturated rings. The number of nitrogens with two attached hydrogens (primary N) is 1. The molecule has 0 saturated heterocycles. The molecule has 76 valence electrons. The Labute approximate surface area is 83.8 Å². The van der Waals surface area contributed by atoms with Gasteiger partial charge in [-0.05, 0) is 30.8 Å². The fraction of sp³-hybridized carbons (Fsp3) is 0.889. The van der Waals surface area contributed by atoms with Crippen LogP contribution in [0.1, 0.15) is 19.8 Å². The van der Waals surface area contributed by atoms with Crippen LogP contribution >= 0.6 is 11.8 Å². The van der Waals surface area contributed by atoms with E-state index in [4.69, 9.17) is 5.73 Å². The Morgan fingerprint density at radius 2 is 2.38 bits per heavy atom. The highest BCUT2D eigenvalue weighted by Gasteiger charge is 2.34. The molecule has 1 rings (SSSR count). The Bertz CT molecular complexity index is 186. The van der Waals surface area contributed by atoms with Gasteiger partial charge >= 0.3 is 0 Å². The molecule has 0 heterocycles. The lowest BCUT2D eigenvalue weighted by Crippen LogP contribution is -2.42. The number of amides is 1. The first-order chi connectivity index (χ1) is 6.15. The maximum absolute atomic E-state index is 11.4. The zero-order chi connectivity index (χ0) is 9.84. The minimum atomic E-state index is -0.319. The summed E-state index contributed by atoms with van der Waals surface area (Å²) < 4.78 is 0. The molecule has 1 aliphatic carbocycles. The monoisotopic (exact) mass is 202 g/mol. The van der Waals surface area contributed by atoms with Crippen molar-refractivity contribution in [1.82, 2.24) is 5.32 Å². The molecule has 0 aromatic rings. The molecule has 0 radical (unpaired) electrons. The van der Waals surface area contributed by atoms with Crippen LogP contribution in [0.5, 0.6) is 0 Å². The van der Waals surface area contributed by atoms with Crippen molar-refractivity contribution in [2.45, 2.75) is 31.8 Å². The topological polar surface area (TPSA) is 55.1 Å². The average molecular weight is 202 g/mol. The van der Waals surface area contributed by atoms with E-state index < -0.39 is 0 Å². The predicted molar refractivity (Wildman–Crippen MR) is 56.7 cm³/mol.